The highest BCUT2D eigenvalue weighted by Gasteiger charge is 2.36. The molecule has 2 bridgehead atoms. The Balaban J connectivity index is 1.55. The molecular weight excluding hydrogens is 378 g/mol. The zero-order valence-electron chi connectivity index (χ0n) is 16.0. The number of carboxylic acid groups (broad SMARTS) is 2. The molecule has 0 saturated carbocycles. The van der Waals surface area contributed by atoms with Gasteiger partial charge in [-0.15, -0.1) is 0 Å². The van der Waals surface area contributed by atoms with Gasteiger partial charge >= 0.3 is 11.9 Å². The largest absolute Gasteiger partial charge is 0.478 e. The minimum atomic E-state index is -1.38. The van der Waals surface area contributed by atoms with Gasteiger partial charge in [0.05, 0.1) is 11.8 Å². The fourth-order valence-corrected chi connectivity index (χ4v) is 4.44. The first-order chi connectivity index (χ1) is 13.8. The highest BCUT2D eigenvalue weighted by Crippen LogP contribution is 2.40. The van der Waals surface area contributed by atoms with Gasteiger partial charge in [0.1, 0.15) is 11.4 Å². The molecular formula is C20H23N3O6. The van der Waals surface area contributed by atoms with Gasteiger partial charge in [0.25, 0.3) is 5.91 Å². The maximum absolute atomic E-state index is 12.8. The van der Waals surface area contributed by atoms with E-state index in [1.54, 1.807) is 25.1 Å². The zero-order chi connectivity index (χ0) is 20.7. The maximum atomic E-state index is 12.8. The normalized spacial score (nSPS) is 27.9. The molecule has 9 heteroatoms. The van der Waals surface area contributed by atoms with Gasteiger partial charge in [-0.3, -0.25) is 9.69 Å². The molecule has 4 aliphatic heterocycles. The number of hydrogen-bond donors (Lipinski definition) is 3. The first-order valence-corrected chi connectivity index (χ1v) is 9.64. The van der Waals surface area contributed by atoms with Gasteiger partial charge in [-0.25, -0.2) is 9.59 Å². The molecule has 1 aromatic carbocycles. The van der Waals surface area contributed by atoms with Crippen molar-refractivity contribution in [2.75, 3.05) is 24.5 Å². The number of piperidine rings is 3. The number of carboxylic acids is 2. The van der Waals surface area contributed by atoms with E-state index in [0.29, 0.717) is 29.0 Å². The monoisotopic (exact) mass is 401 g/mol. The van der Waals surface area contributed by atoms with Crippen LogP contribution in [-0.4, -0.2) is 64.9 Å². The molecule has 1 amide bonds. The minimum Gasteiger partial charge on any atom is -0.478 e. The minimum absolute atomic E-state index is 0.131. The van der Waals surface area contributed by atoms with Gasteiger partial charge in [-0.2, -0.15) is 0 Å². The molecule has 4 aliphatic rings. The Labute approximate surface area is 167 Å². The van der Waals surface area contributed by atoms with Crippen molar-refractivity contribution >= 4 is 23.5 Å². The highest BCUT2D eigenvalue weighted by atomic mass is 16.5. The van der Waals surface area contributed by atoms with E-state index in [1.807, 2.05) is 0 Å². The van der Waals surface area contributed by atoms with Crippen molar-refractivity contribution in [2.24, 2.45) is 5.92 Å². The summed E-state index contributed by atoms with van der Waals surface area (Å²) in [7, 11) is 0. The number of benzene rings is 1. The van der Waals surface area contributed by atoms with Crippen LogP contribution in [-0.2, 0) is 9.59 Å². The van der Waals surface area contributed by atoms with Gasteiger partial charge in [0.2, 0.25) is 0 Å². The number of fused-ring (bicyclic) bond motifs is 4. The van der Waals surface area contributed by atoms with Crippen molar-refractivity contribution in [1.29, 1.82) is 0 Å². The van der Waals surface area contributed by atoms with Crippen molar-refractivity contribution < 1.29 is 29.3 Å². The molecule has 0 radical (unpaired) electrons. The molecule has 9 nitrogen and oxygen atoms in total. The predicted molar refractivity (Wildman–Crippen MR) is 103 cm³/mol. The first-order valence-electron chi connectivity index (χ1n) is 9.64. The predicted octanol–water partition coefficient (Wildman–Crippen LogP) is 1.11. The van der Waals surface area contributed by atoms with Crippen molar-refractivity contribution in [3.63, 3.8) is 0 Å². The number of nitrogens with one attached hydrogen (secondary N) is 1. The molecule has 0 aromatic heterocycles. The lowest BCUT2D eigenvalue weighted by atomic mass is 9.84. The van der Waals surface area contributed by atoms with E-state index in [9.17, 15) is 19.5 Å². The fourth-order valence-electron chi connectivity index (χ4n) is 4.44. The number of ether oxygens (including phenoxy) is 1. The number of nitrogens with zero attached hydrogens (tertiary/aromatic N) is 2. The van der Waals surface area contributed by atoms with E-state index in [4.69, 9.17) is 9.84 Å². The number of aliphatic carboxylic acids is 2. The summed E-state index contributed by atoms with van der Waals surface area (Å²) in [6, 6.07) is 4.89. The van der Waals surface area contributed by atoms with Crippen LogP contribution in [0.2, 0.25) is 0 Å². The third kappa shape index (κ3) is 3.65. The lowest BCUT2D eigenvalue weighted by Crippen LogP contribution is -2.57. The third-order valence-corrected chi connectivity index (χ3v) is 5.85. The Morgan fingerprint density at radius 3 is 2.52 bits per heavy atom. The second kappa shape index (κ2) is 7.40. The van der Waals surface area contributed by atoms with Crippen LogP contribution in [0.15, 0.2) is 30.0 Å². The summed E-state index contributed by atoms with van der Waals surface area (Å²) in [6.07, 6.45) is 2.11. The maximum Gasteiger partial charge on any atom is 0.352 e. The highest BCUT2D eigenvalue weighted by molar-refractivity contribution is 6.00. The number of carbonyl (C=O) groups is 3. The Kier molecular flexibility index (Phi) is 4.91. The van der Waals surface area contributed by atoms with E-state index in [2.05, 4.69) is 10.2 Å². The van der Waals surface area contributed by atoms with Gasteiger partial charge in [-0.05, 0) is 57.0 Å². The molecule has 4 heterocycles. The van der Waals surface area contributed by atoms with Gasteiger partial charge in [0.15, 0.2) is 6.23 Å². The summed E-state index contributed by atoms with van der Waals surface area (Å²) < 4.78 is 5.70. The van der Waals surface area contributed by atoms with Crippen LogP contribution in [0.3, 0.4) is 0 Å². The Hall–Kier alpha value is -3.07. The van der Waals surface area contributed by atoms with Crippen molar-refractivity contribution in [3.8, 4) is 5.75 Å². The summed E-state index contributed by atoms with van der Waals surface area (Å²) in [5, 5.41) is 21.5. The molecule has 0 spiro atoms. The number of rotatable bonds is 5. The van der Waals surface area contributed by atoms with Crippen molar-refractivity contribution in [3.05, 3.63) is 35.5 Å². The average Bonchev–Trinajstić information content (AvgIpc) is 3.01. The van der Waals surface area contributed by atoms with Crippen LogP contribution >= 0.6 is 0 Å². The van der Waals surface area contributed by atoms with Gasteiger partial charge in [0, 0.05) is 18.2 Å². The third-order valence-electron chi connectivity index (χ3n) is 5.85. The van der Waals surface area contributed by atoms with Crippen LogP contribution in [0.1, 0.15) is 30.1 Å². The molecule has 3 N–H and O–H groups in total. The van der Waals surface area contributed by atoms with Crippen molar-refractivity contribution in [1.82, 2.24) is 10.2 Å². The topological polar surface area (TPSA) is 119 Å². The molecule has 154 valence electrons. The van der Waals surface area contributed by atoms with Crippen LogP contribution in [0, 0.1) is 5.92 Å². The van der Waals surface area contributed by atoms with E-state index >= 15 is 0 Å². The smallest absolute Gasteiger partial charge is 0.352 e. The molecule has 5 rings (SSSR count). The molecule has 29 heavy (non-hydrogen) atoms. The fraction of sp³-hybridized carbons (Fsp3) is 0.450. The van der Waals surface area contributed by atoms with Crippen LogP contribution < -0.4 is 15.0 Å². The quantitative estimate of drug-likeness (QED) is 0.628. The molecule has 3 fully saturated rings. The Morgan fingerprint density at radius 1 is 1.21 bits per heavy atom. The molecule has 2 atom stereocenters. The summed E-state index contributed by atoms with van der Waals surface area (Å²) in [4.78, 5) is 39.0. The van der Waals surface area contributed by atoms with Gasteiger partial charge in [-0.1, -0.05) is 0 Å². The Morgan fingerprint density at radius 2 is 1.93 bits per heavy atom. The second-order valence-electron chi connectivity index (χ2n) is 7.66. The molecule has 1 aromatic rings. The SMILES string of the molecule is CC1Oc2cc(C(=O)N[C@H]3CN4CCC3CC4)ccc2N1/C(=C/C(=O)O)C(=O)O. The standard InChI is InChI=1S/C20H23N3O6/c1-11-23(16(20(27)28)9-18(24)25)15-3-2-13(8-17(15)29-11)19(26)21-14-10-22-6-4-12(14)5-7-22/h2-3,8-9,11-12,14H,4-7,10H2,1H3,(H,21,26)(H,24,25)(H,27,28)/b16-9+/t11?,14-/m0/s1. The number of carbonyl (C=O) groups excluding carboxylic acids is 1. The molecule has 0 aliphatic carbocycles. The summed E-state index contributed by atoms with van der Waals surface area (Å²) >= 11 is 0. The van der Waals surface area contributed by atoms with E-state index in [-0.39, 0.29) is 11.9 Å². The lowest BCUT2D eigenvalue weighted by Gasteiger charge is -2.44. The summed E-state index contributed by atoms with van der Waals surface area (Å²) in [5.74, 6) is -2.08. The van der Waals surface area contributed by atoms with Crippen LogP contribution in [0.4, 0.5) is 5.69 Å². The number of amides is 1. The van der Waals surface area contributed by atoms with E-state index in [1.165, 1.54) is 4.90 Å². The molecule has 1 unspecified atom stereocenters. The zero-order valence-corrected chi connectivity index (χ0v) is 16.0. The number of hydrogen-bond acceptors (Lipinski definition) is 6. The summed E-state index contributed by atoms with van der Waals surface area (Å²) in [5.41, 5.74) is 0.424. The van der Waals surface area contributed by atoms with Crippen LogP contribution in [0.25, 0.3) is 0 Å². The van der Waals surface area contributed by atoms with E-state index < -0.39 is 23.9 Å². The second-order valence-corrected chi connectivity index (χ2v) is 7.66. The van der Waals surface area contributed by atoms with Crippen molar-refractivity contribution in [2.45, 2.75) is 32.0 Å². The van der Waals surface area contributed by atoms with Gasteiger partial charge < -0.3 is 25.2 Å². The lowest BCUT2D eigenvalue weighted by molar-refractivity contribution is -0.135. The number of anilines is 1. The average molecular weight is 401 g/mol. The Bertz CT molecular complexity index is 890. The van der Waals surface area contributed by atoms with Crippen LogP contribution in [0.5, 0.6) is 5.75 Å². The van der Waals surface area contributed by atoms with E-state index in [0.717, 1.165) is 32.5 Å². The first kappa shape index (κ1) is 19.3. The molecule has 3 saturated heterocycles. The summed E-state index contributed by atoms with van der Waals surface area (Å²) in [6.45, 7) is 4.66.